The van der Waals surface area contributed by atoms with Gasteiger partial charge in [0.25, 0.3) is 0 Å². The van der Waals surface area contributed by atoms with Gasteiger partial charge in [0.2, 0.25) is 10.0 Å². The number of sulfonamides is 1. The van der Waals surface area contributed by atoms with Crippen LogP contribution in [-0.4, -0.2) is 61.8 Å². The third-order valence-corrected chi connectivity index (χ3v) is 5.52. The van der Waals surface area contributed by atoms with Gasteiger partial charge < -0.3 is 0 Å². The van der Waals surface area contributed by atoms with E-state index in [1.54, 1.807) is 11.3 Å². The number of rotatable bonds is 2. The Morgan fingerprint density at radius 2 is 2.00 bits per heavy atom. The zero-order valence-electron chi connectivity index (χ0n) is 10.7. The number of hydrogen-bond donors (Lipinski definition) is 0. The second-order valence-electron chi connectivity index (χ2n) is 4.65. The fourth-order valence-corrected chi connectivity index (χ4v) is 3.91. The third-order valence-electron chi connectivity index (χ3n) is 3.37. The summed E-state index contributed by atoms with van der Waals surface area (Å²) >= 11 is 1.67. The standard InChI is InChI=1S/C11H16N4O2S2/c1-19(16,17)15-5-3-13(4-6-15)14-8-11-10(12-9-14)2-7-18-11/h2,7-8H,3-6,9H2,1H3. The maximum atomic E-state index is 11.5. The Balaban J connectivity index is 1.70. The van der Waals surface area contributed by atoms with Crippen molar-refractivity contribution in [3.63, 3.8) is 0 Å². The summed E-state index contributed by atoms with van der Waals surface area (Å²) in [6.07, 6.45) is 3.37. The Morgan fingerprint density at radius 1 is 1.26 bits per heavy atom. The van der Waals surface area contributed by atoms with Crippen molar-refractivity contribution in [1.29, 1.82) is 0 Å². The van der Waals surface area contributed by atoms with E-state index in [0.29, 0.717) is 32.8 Å². The monoisotopic (exact) mass is 300 g/mol. The molecule has 1 aromatic rings. The first-order valence-electron chi connectivity index (χ1n) is 6.10. The molecule has 0 bridgehead atoms. The van der Waals surface area contributed by atoms with Gasteiger partial charge in [-0.1, -0.05) is 0 Å². The highest BCUT2D eigenvalue weighted by Crippen LogP contribution is 2.10. The van der Waals surface area contributed by atoms with E-state index in [4.69, 9.17) is 0 Å². The SMILES string of the molecule is CS(=O)(=O)N1CCN(N2C=c3sccc3=NC2)CC1. The minimum Gasteiger partial charge on any atom is -0.290 e. The molecule has 2 aliphatic rings. The summed E-state index contributed by atoms with van der Waals surface area (Å²) in [5.41, 5.74) is 0. The molecular formula is C11H16N4O2S2. The van der Waals surface area contributed by atoms with Crippen LogP contribution in [-0.2, 0) is 10.0 Å². The van der Waals surface area contributed by atoms with Crippen LogP contribution < -0.4 is 9.89 Å². The molecule has 0 aliphatic carbocycles. The first kappa shape index (κ1) is 13.0. The molecular weight excluding hydrogens is 284 g/mol. The van der Waals surface area contributed by atoms with Crippen molar-refractivity contribution < 1.29 is 8.42 Å². The van der Waals surface area contributed by atoms with Gasteiger partial charge in [-0.05, 0) is 11.4 Å². The fraction of sp³-hybridized carbons (Fsp3) is 0.545. The number of fused-ring (bicyclic) bond motifs is 1. The lowest BCUT2D eigenvalue weighted by Crippen LogP contribution is -2.54. The molecule has 0 atom stereocenters. The molecule has 0 aromatic carbocycles. The first-order chi connectivity index (χ1) is 9.04. The van der Waals surface area contributed by atoms with Crippen molar-refractivity contribution in [1.82, 2.24) is 14.3 Å². The van der Waals surface area contributed by atoms with Crippen LogP contribution in [0.3, 0.4) is 0 Å². The Bertz CT molecular complexity index is 674. The van der Waals surface area contributed by atoms with E-state index in [1.165, 1.54) is 10.6 Å². The zero-order chi connectivity index (χ0) is 13.5. The van der Waals surface area contributed by atoms with Crippen LogP contribution in [0.25, 0.3) is 6.20 Å². The average molecular weight is 300 g/mol. The largest absolute Gasteiger partial charge is 0.290 e. The summed E-state index contributed by atoms with van der Waals surface area (Å²) in [5.74, 6) is 0. The van der Waals surface area contributed by atoms with Gasteiger partial charge in [-0.15, -0.1) is 11.3 Å². The summed E-state index contributed by atoms with van der Waals surface area (Å²) in [6, 6.07) is 2.02. The highest BCUT2D eigenvalue weighted by molar-refractivity contribution is 7.88. The number of nitrogens with zero attached hydrogens (tertiary/aromatic N) is 4. The molecule has 3 heterocycles. The quantitative estimate of drug-likeness (QED) is 0.694. The van der Waals surface area contributed by atoms with Crippen LogP contribution in [0.2, 0.25) is 0 Å². The minimum absolute atomic E-state index is 0.542. The highest BCUT2D eigenvalue weighted by Gasteiger charge is 2.25. The maximum absolute atomic E-state index is 11.5. The topological polar surface area (TPSA) is 56.2 Å². The van der Waals surface area contributed by atoms with E-state index < -0.39 is 10.0 Å². The highest BCUT2D eigenvalue weighted by atomic mass is 32.2. The normalized spacial score (nSPS) is 21.6. The molecule has 19 heavy (non-hydrogen) atoms. The lowest BCUT2D eigenvalue weighted by atomic mass is 10.4. The molecule has 8 heteroatoms. The molecule has 0 radical (unpaired) electrons. The zero-order valence-corrected chi connectivity index (χ0v) is 12.3. The van der Waals surface area contributed by atoms with Crippen molar-refractivity contribution in [3.05, 3.63) is 21.3 Å². The fourth-order valence-electron chi connectivity index (χ4n) is 2.30. The predicted molar refractivity (Wildman–Crippen MR) is 74.3 cm³/mol. The molecule has 1 aromatic heterocycles. The lowest BCUT2D eigenvalue weighted by molar-refractivity contribution is 0.0110. The number of hydrogen-bond acceptors (Lipinski definition) is 6. The summed E-state index contributed by atoms with van der Waals surface area (Å²) < 4.78 is 25.6. The summed E-state index contributed by atoms with van der Waals surface area (Å²) in [6.45, 7) is 3.11. The van der Waals surface area contributed by atoms with Crippen LogP contribution in [0.5, 0.6) is 0 Å². The molecule has 2 aliphatic heterocycles. The van der Waals surface area contributed by atoms with Gasteiger partial charge in [-0.3, -0.25) is 10.0 Å². The summed E-state index contributed by atoms with van der Waals surface area (Å²) in [4.78, 5) is 4.51. The Morgan fingerprint density at radius 3 is 2.68 bits per heavy atom. The summed E-state index contributed by atoms with van der Waals surface area (Å²) in [5, 5.41) is 7.33. The van der Waals surface area contributed by atoms with Gasteiger partial charge in [0.05, 0.1) is 16.1 Å². The molecule has 3 rings (SSSR count). The van der Waals surface area contributed by atoms with Gasteiger partial charge in [-0.2, -0.15) is 4.31 Å². The Labute approximate surface area is 116 Å². The van der Waals surface area contributed by atoms with Crippen molar-refractivity contribution in [2.45, 2.75) is 0 Å². The predicted octanol–water partition coefficient (Wildman–Crippen LogP) is -1.13. The molecule has 0 spiro atoms. The molecule has 0 N–H and O–H groups in total. The van der Waals surface area contributed by atoms with Crippen molar-refractivity contribution in [2.24, 2.45) is 4.99 Å². The number of hydrazine groups is 1. The molecule has 104 valence electrons. The van der Waals surface area contributed by atoms with Crippen molar-refractivity contribution >= 4 is 27.6 Å². The van der Waals surface area contributed by atoms with Gasteiger partial charge in [0.1, 0.15) is 6.67 Å². The third kappa shape index (κ3) is 2.66. The van der Waals surface area contributed by atoms with Crippen LogP contribution in [0.4, 0.5) is 0 Å². The summed E-state index contributed by atoms with van der Waals surface area (Å²) in [7, 11) is -3.06. The van der Waals surface area contributed by atoms with E-state index >= 15 is 0 Å². The maximum Gasteiger partial charge on any atom is 0.211 e. The van der Waals surface area contributed by atoms with E-state index in [0.717, 1.165) is 9.89 Å². The molecule has 0 unspecified atom stereocenters. The second kappa shape index (κ2) is 4.86. The molecule has 1 saturated heterocycles. The van der Waals surface area contributed by atoms with E-state index in [2.05, 4.69) is 21.2 Å². The lowest BCUT2D eigenvalue weighted by Gasteiger charge is -2.39. The van der Waals surface area contributed by atoms with Crippen LogP contribution in [0.1, 0.15) is 0 Å². The Hall–Kier alpha value is -0.960. The average Bonchev–Trinajstić information content (AvgIpc) is 2.85. The molecule has 0 saturated carbocycles. The van der Waals surface area contributed by atoms with Gasteiger partial charge in [-0.25, -0.2) is 13.4 Å². The van der Waals surface area contributed by atoms with Crippen LogP contribution >= 0.6 is 11.3 Å². The van der Waals surface area contributed by atoms with Crippen LogP contribution in [0.15, 0.2) is 16.4 Å². The second-order valence-corrected chi connectivity index (χ2v) is 7.58. The molecule has 6 nitrogen and oxygen atoms in total. The van der Waals surface area contributed by atoms with Gasteiger partial charge in [0, 0.05) is 32.4 Å². The Kier molecular flexibility index (Phi) is 3.34. The van der Waals surface area contributed by atoms with E-state index in [1.807, 2.05) is 11.4 Å². The molecule has 1 fully saturated rings. The smallest absolute Gasteiger partial charge is 0.211 e. The number of thiophene rings is 1. The number of piperazine rings is 1. The first-order valence-corrected chi connectivity index (χ1v) is 8.83. The van der Waals surface area contributed by atoms with E-state index in [-0.39, 0.29) is 0 Å². The van der Waals surface area contributed by atoms with Crippen molar-refractivity contribution in [2.75, 3.05) is 39.1 Å². The van der Waals surface area contributed by atoms with E-state index in [9.17, 15) is 8.42 Å². The van der Waals surface area contributed by atoms with Crippen LogP contribution in [0, 0.1) is 0 Å². The van der Waals surface area contributed by atoms with Crippen molar-refractivity contribution in [3.8, 4) is 0 Å². The minimum atomic E-state index is -3.06. The molecule has 0 amide bonds. The van der Waals surface area contributed by atoms with Gasteiger partial charge in [0.15, 0.2) is 0 Å². The van der Waals surface area contributed by atoms with Gasteiger partial charge >= 0.3 is 0 Å².